The van der Waals surface area contributed by atoms with Crippen LogP contribution >= 0.6 is 0 Å². The van der Waals surface area contributed by atoms with Crippen LogP contribution in [0.4, 0.5) is 18.0 Å². The van der Waals surface area contributed by atoms with Crippen molar-refractivity contribution in [3.63, 3.8) is 0 Å². The number of rotatable bonds is 3. The minimum atomic E-state index is -4.44. The molecule has 1 aromatic carbocycles. The van der Waals surface area contributed by atoms with Gasteiger partial charge in [-0.15, -0.1) is 0 Å². The third-order valence-corrected chi connectivity index (χ3v) is 4.04. The van der Waals surface area contributed by atoms with Gasteiger partial charge in [-0.05, 0) is 41.5 Å². The zero-order valence-electron chi connectivity index (χ0n) is 15.3. The van der Waals surface area contributed by atoms with Gasteiger partial charge < -0.3 is 9.84 Å². The van der Waals surface area contributed by atoms with Crippen molar-refractivity contribution >= 4 is 17.6 Å². The highest BCUT2D eigenvalue weighted by atomic mass is 19.4. The molecular weight excluding hydrogens is 363 g/mol. The number of carbonyl (C=O) groups excluding carboxylic acids is 1. The summed E-state index contributed by atoms with van der Waals surface area (Å²) in [5.74, 6) is -0.630. The number of ether oxygens (including phenoxy) is 1. The van der Waals surface area contributed by atoms with Gasteiger partial charge in [-0.1, -0.05) is 32.9 Å². The third-order valence-electron chi connectivity index (χ3n) is 4.04. The lowest BCUT2D eigenvalue weighted by Crippen LogP contribution is -2.44. The Hall–Kier alpha value is -2.51. The zero-order chi connectivity index (χ0) is 20.4. The van der Waals surface area contributed by atoms with Crippen molar-refractivity contribution in [2.24, 2.45) is 5.41 Å². The summed E-state index contributed by atoms with van der Waals surface area (Å²) in [6, 6.07) is 3.53. The Morgan fingerprint density at radius 1 is 1.19 bits per heavy atom. The van der Waals surface area contributed by atoms with Gasteiger partial charge in [0.05, 0.1) is 12.2 Å². The Labute approximate surface area is 155 Å². The highest BCUT2D eigenvalue weighted by Crippen LogP contribution is 2.33. The molecule has 0 bridgehead atoms. The average molecular weight is 385 g/mol. The van der Waals surface area contributed by atoms with Gasteiger partial charge >= 0.3 is 18.2 Å². The fourth-order valence-electron chi connectivity index (χ4n) is 2.65. The van der Waals surface area contributed by atoms with E-state index < -0.39 is 29.8 Å². The van der Waals surface area contributed by atoms with Crippen molar-refractivity contribution in [3.05, 3.63) is 41.6 Å². The van der Waals surface area contributed by atoms with Gasteiger partial charge in [-0.3, -0.25) is 4.90 Å². The Kier molecular flexibility index (Phi) is 5.87. The number of nitrogens with zero attached hydrogens (tertiary/aromatic N) is 1. The van der Waals surface area contributed by atoms with Crippen LogP contribution in [0.2, 0.25) is 0 Å². The summed E-state index contributed by atoms with van der Waals surface area (Å²) in [5.41, 5.74) is 0.00252. The molecule has 0 saturated carbocycles. The monoisotopic (exact) mass is 385 g/mol. The van der Waals surface area contributed by atoms with Crippen molar-refractivity contribution in [2.45, 2.75) is 45.8 Å². The van der Waals surface area contributed by atoms with Gasteiger partial charge in [-0.2, -0.15) is 13.2 Å². The van der Waals surface area contributed by atoms with E-state index in [0.717, 1.165) is 17.0 Å². The van der Waals surface area contributed by atoms with Crippen LogP contribution in [0.3, 0.4) is 0 Å². The number of halogens is 3. The Balaban J connectivity index is 2.20. The number of amides is 1. The molecule has 1 amide bonds. The molecule has 0 saturated heterocycles. The Morgan fingerprint density at radius 3 is 2.26 bits per heavy atom. The molecule has 0 spiro atoms. The highest BCUT2D eigenvalue weighted by Gasteiger charge is 2.34. The second-order valence-electron chi connectivity index (χ2n) is 7.64. The summed E-state index contributed by atoms with van der Waals surface area (Å²) >= 11 is 0. The van der Waals surface area contributed by atoms with E-state index in [9.17, 15) is 27.9 Å². The van der Waals surface area contributed by atoms with Crippen molar-refractivity contribution in [1.82, 2.24) is 4.90 Å². The summed E-state index contributed by atoms with van der Waals surface area (Å²) in [4.78, 5) is 24.7. The van der Waals surface area contributed by atoms with Gasteiger partial charge in [0.2, 0.25) is 0 Å². The molecule has 5 nitrogen and oxygen atoms in total. The maximum Gasteiger partial charge on any atom is 0.416 e. The van der Waals surface area contributed by atoms with Crippen molar-refractivity contribution in [3.8, 4) is 0 Å². The Morgan fingerprint density at radius 2 is 1.78 bits per heavy atom. The molecule has 2 rings (SSSR count). The second kappa shape index (κ2) is 7.62. The number of alkyl halides is 3. The number of benzene rings is 1. The lowest BCUT2D eigenvalue weighted by molar-refractivity contribution is -0.151. The van der Waals surface area contributed by atoms with Crippen LogP contribution < -0.4 is 0 Å². The van der Waals surface area contributed by atoms with Gasteiger partial charge in [0.25, 0.3) is 0 Å². The van der Waals surface area contributed by atoms with E-state index in [2.05, 4.69) is 0 Å². The second-order valence-corrected chi connectivity index (χ2v) is 7.64. The smallest absolute Gasteiger partial charge is 0.416 e. The summed E-state index contributed by atoms with van der Waals surface area (Å²) in [6.07, 6.45) is -3.92. The highest BCUT2D eigenvalue weighted by molar-refractivity contribution is 5.84. The molecule has 1 unspecified atom stereocenters. The van der Waals surface area contributed by atoms with Crippen molar-refractivity contribution in [1.29, 1.82) is 0 Å². The van der Waals surface area contributed by atoms with Crippen molar-refractivity contribution in [2.75, 3.05) is 6.61 Å². The maximum absolute atomic E-state index is 12.7. The van der Waals surface area contributed by atoms with E-state index in [1.54, 1.807) is 0 Å². The molecule has 27 heavy (non-hydrogen) atoms. The van der Waals surface area contributed by atoms with E-state index in [0.29, 0.717) is 17.6 Å². The molecule has 1 N–H and O–H groups in total. The largest absolute Gasteiger partial charge is 0.465 e. The van der Waals surface area contributed by atoms with E-state index in [1.807, 2.05) is 20.8 Å². The molecule has 1 heterocycles. The van der Waals surface area contributed by atoms with E-state index >= 15 is 0 Å². The molecule has 1 atom stereocenters. The first-order chi connectivity index (χ1) is 12.4. The molecule has 8 heteroatoms. The van der Waals surface area contributed by atoms with Gasteiger partial charge in [0.1, 0.15) is 6.04 Å². The number of esters is 1. The summed E-state index contributed by atoms with van der Waals surface area (Å²) < 4.78 is 43.2. The fourth-order valence-corrected chi connectivity index (χ4v) is 2.65. The summed E-state index contributed by atoms with van der Waals surface area (Å²) in [7, 11) is 0. The molecule has 1 aromatic rings. The number of allylic oxidation sites excluding steroid dienone is 1. The first-order valence-electron chi connectivity index (χ1n) is 8.45. The van der Waals surface area contributed by atoms with Gasteiger partial charge in [0, 0.05) is 6.20 Å². The van der Waals surface area contributed by atoms with E-state index in [4.69, 9.17) is 4.74 Å². The van der Waals surface area contributed by atoms with Crippen LogP contribution in [-0.4, -0.2) is 34.7 Å². The zero-order valence-corrected chi connectivity index (χ0v) is 15.3. The van der Waals surface area contributed by atoms with Gasteiger partial charge in [0.15, 0.2) is 0 Å². The first-order valence-corrected chi connectivity index (χ1v) is 8.45. The predicted octanol–water partition coefficient (Wildman–Crippen LogP) is 4.78. The minimum Gasteiger partial charge on any atom is -0.465 e. The standard InChI is InChI=1S/C19H22F3NO4/c1-18(2,3)11-27-16(24)15-9-6-13(10-23(15)17(25)26)12-4-7-14(8-5-12)19(20,21)22/h4-5,7-8,10,15H,6,9,11H2,1-3H3,(H,25,26). The number of hydrogen-bond donors (Lipinski definition) is 1. The van der Waals surface area contributed by atoms with E-state index in [1.165, 1.54) is 18.3 Å². The van der Waals surface area contributed by atoms with E-state index in [-0.39, 0.29) is 18.4 Å². The molecule has 0 aliphatic carbocycles. The van der Waals surface area contributed by atoms with Gasteiger partial charge in [-0.25, -0.2) is 9.59 Å². The molecule has 1 aliphatic heterocycles. The maximum atomic E-state index is 12.7. The minimum absolute atomic E-state index is 0.158. The summed E-state index contributed by atoms with van der Waals surface area (Å²) in [5, 5.41) is 9.43. The van der Waals surface area contributed by atoms with Crippen LogP contribution in [0.1, 0.15) is 44.7 Å². The quantitative estimate of drug-likeness (QED) is 0.761. The fraction of sp³-hybridized carbons (Fsp3) is 0.474. The SMILES string of the molecule is CC(C)(C)COC(=O)C1CCC(c2ccc(C(F)(F)F)cc2)=CN1C(=O)O. The topological polar surface area (TPSA) is 66.8 Å². The van der Waals surface area contributed by atoms with Crippen molar-refractivity contribution < 1.29 is 32.6 Å². The molecule has 0 radical (unpaired) electrons. The lowest BCUT2D eigenvalue weighted by Gasteiger charge is -2.31. The number of carbonyl (C=O) groups is 2. The molecule has 1 aliphatic rings. The predicted molar refractivity (Wildman–Crippen MR) is 92.7 cm³/mol. The Bertz CT molecular complexity index is 733. The molecule has 0 fully saturated rings. The van der Waals surface area contributed by atoms with Crippen LogP contribution in [-0.2, 0) is 15.7 Å². The normalized spacial score (nSPS) is 18.1. The van der Waals surface area contributed by atoms with Crippen LogP contribution in [0.5, 0.6) is 0 Å². The third kappa shape index (κ3) is 5.48. The average Bonchev–Trinajstić information content (AvgIpc) is 2.58. The first kappa shape index (κ1) is 20.8. The summed E-state index contributed by atoms with van der Waals surface area (Å²) in [6.45, 7) is 5.82. The molecule has 148 valence electrons. The molecule has 0 aromatic heterocycles. The van der Waals surface area contributed by atoms with Crippen LogP contribution in [0.15, 0.2) is 30.5 Å². The number of hydrogen-bond acceptors (Lipinski definition) is 3. The molecular formula is C19H22F3NO4. The number of carboxylic acid groups (broad SMARTS) is 1. The van der Waals surface area contributed by atoms with Crippen LogP contribution in [0, 0.1) is 5.41 Å². The lowest BCUT2D eigenvalue weighted by atomic mass is 9.94. The van der Waals surface area contributed by atoms with Crippen LogP contribution in [0.25, 0.3) is 5.57 Å².